The Balaban J connectivity index is 4.71. The quantitative estimate of drug-likeness (QED) is 0.419. The van der Waals surface area contributed by atoms with Crippen LogP contribution < -0.4 is 5.73 Å². The third kappa shape index (κ3) is 2.47. The van der Waals surface area contributed by atoms with Gasteiger partial charge in [-0.05, 0) is 13.3 Å². The van der Waals surface area contributed by atoms with Crippen LogP contribution in [0.25, 0.3) is 0 Å². The average Bonchev–Trinajstić information content (AvgIpc) is 2.13. The fourth-order valence-corrected chi connectivity index (χ4v) is 1.17. The molecule has 0 saturated carbocycles. The van der Waals surface area contributed by atoms with E-state index in [4.69, 9.17) is 10.8 Å². The maximum atomic E-state index is 10.8. The highest BCUT2D eigenvalue weighted by Gasteiger charge is 2.41. The summed E-state index contributed by atoms with van der Waals surface area (Å²) >= 11 is 0. The zero-order valence-corrected chi connectivity index (χ0v) is 7.90. The number of nitrogens with two attached hydrogens (primary N) is 1. The van der Waals surface area contributed by atoms with Crippen LogP contribution in [0.1, 0.15) is 20.3 Å². The summed E-state index contributed by atoms with van der Waals surface area (Å²) in [6, 6.07) is -1.02. The molecule has 0 fully saturated rings. The van der Waals surface area contributed by atoms with Crippen LogP contribution >= 0.6 is 0 Å². The van der Waals surface area contributed by atoms with Crippen LogP contribution in [0.3, 0.4) is 0 Å². The van der Waals surface area contributed by atoms with Gasteiger partial charge in [-0.15, -0.1) is 0 Å². The van der Waals surface area contributed by atoms with E-state index in [2.05, 4.69) is 0 Å². The second kappa shape index (κ2) is 4.66. The molecule has 0 spiro atoms. The predicted octanol–water partition coefficient (Wildman–Crippen LogP) is -1.60. The Morgan fingerprint density at radius 1 is 1.62 bits per heavy atom. The van der Waals surface area contributed by atoms with Gasteiger partial charge in [0.2, 0.25) is 0 Å². The van der Waals surface area contributed by atoms with E-state index in [-0.39, 0.29) is 6.42 Å². The highest BCUT2D eigenvalue weighted by atomic mass is 16.4. The summed E-state index contributed by atoms with van der Waals surface area (Å²) in [6.45, 7) is 2.27. The van der Waals surface area contributed by atoms with Crippen molar-refractivity contribution in [1.82, 2.24) is 0 Å². The van der Waals surface area contributed by atoms with Gasteiger partial charge in [-0.25, -0.2) is 0 Å². The van der Waals surface area contributed by atoms with Crippen molar-refractivity contribution >= 4 is 5.78 Å². The lowest BCUT2D eigenvalue weighted by atomic mass is 9.84. The van der Waals surface area contributed by atoms with Crippen LogP contribution in [0.15, 0.2) is 0 Å². The van der Waals surface area contributed by atoms with Gasteiger partial charge >= 0.3 is 0 Å². The molecule has 3 atom stereocenters. The maximum Gasteiger partial charge on any atom is 0.161 e. The van der Waals surface area contributed by atoms with Gasteiger partial charge in [0.15, 0.2) is 5.78 Å². The van der Waals surface area contributed by atoms with Gasteiger partial charge in [0, 0.05) is 0 Å². The highest BCUT2D eigenvalue weighted by molar-refractivity contribution is 5.81. The van der Waals surface area contributed by atoms with Crippen LogP contribution in [0, 0.1) is 0 Å². The largest absolute Gasteiger partial charge is 0.395 e. The van der Waals surface area contributed by atoms with Crippen LogP contribution in [-0.2, 0) is 4.79 Å². The molecule has 0 heterocycles. The molecular formula is C8H17NO4. The van der Waals surface area contributed by atoms with E-state index in [0.29, 0.717) is 0 Å². The monoisotopic (exact) mass is 191 g/mol. The summed E-state index contributed by atoms with van der Waals surface area (Å²) < 4.78 is 0. The zero-order chi connectivity index (χ0) is 10.6. The predicted molar refractivity (Wildman–Crippen MR) is 47.0 cm³/mol. The van der Waals surface area contributed by atoms with Gasteiger partial charge in [0.1, 0.15) is 11.7 Å². The summed E-state index contributed by atoms with van der Waals surface area (Å²) in [7, 11) is 0. The lowest BCUT2D eigenvalue weighted by Gasteiger charge is -2.34. The summed E-state index contributed by atoms with van der Waals surface area (Å²) in [5.74, 6) is -0.562. The molecule has 0 bridgehead atoms. The Morgan fingerprint density at radius 3 is 2.31 bits per heavy atom. The second-order valence-electron chi connectivity index (χ2n) is 3.15. The van der Waals surface area contributed by atoms with Crippen molar-refractivity contribution in [3.8, 4) is 0 Å². The normalized spacial score (nSPS) is 20.5. The minimum absolute atomic E-state index is 0.107. The van der Waals surface area contributed by atoms with Crippen molar-refractivity contribution in [3.05, 3.63) is 0 Å². The van der Waals surface area contributed by atoms with E-state index in [1.165, 1.54) is 0 Å². The molecule has 0 rings (SSSR count). The van der Waals surface area contributed by atoms with Gasteiger partial charge < -0.3 is 21.1 Å². The molecule has 0 aliphatic heterocycles. The number of aliphatic hydroxyl groups is 3. The maximum absolute atomic E-state index is 10.8. The summed E-state index contributed by atoms with van der Waals surface area (Å²) in [5, 5.41) is 27.9. The minimum atomic E-state index is -1.74. The SMILES string of the molecule is CCC(O)(C(N)CO)[C@H](O)C(C)=O. The first kappa shape index (κ1) is 12.5. The first-order valence-corrected chi connectivity index (χ1v) is 4.17. The Morgan fingerprint density at radius 2 is 2.08 bits per heavy atom. The Hall–Kier alpha value is -0.490. The highest BCUT2D eigenvalue weighted by Crippen LogP contribution is 2.19. The summed E-state index contributed by atoms with van der Waals surface area (Å²) in [6.07, 6.45) is -1.44. The third-order valence-electron chi connectivity index (χ3n) is 2.26. The first-order chi connectivity index (χ1) is 5.90. The number of aliphatic hydroxyl groups excluding tert-OH is 2. The fourth-order valence-electron chi connectivity index (χ4n) is 1.17. The van der Waals surface area contributed by atoms with Crippen molar-refractivity contribution in [2.45, 2.75) is 38.0 Å². The lowest BCUT2D eigenvalue weighted by Crippen LogP contribution is -2.59. The van der Waals surface area contributed by atoms with Gasteiger partial charge in [-0.2, -0.15) is 0 Å². The molecular weight excluding hydrogens is 174 g/mol. The van der Waals surface area contributed by atoms with Crippen molar-refractivity contribution in [1.29, 1.82) is 0 Å². The summed E-state index contributed by atoms with van der Waals surface area (Å²) in [4.78, 5) is 10.8. The van der Waals surface area contributed by atoms with E-state index < -0.39 is 30.1 Å². The molecule has 0 amide bonds. The van der Waals surface area contributed by atoms with Gasteiger partial charge in [-0.3, -0.25) is 4.79 Å². The number of carbonyl (C=O) groups excluding carboxylic acids is 1. The second-order valence-corrected chi connectivity index (χ2v) is 3.15. The van der Waals surface area contributed by atoms with E-state index >= 15 is 0 Å². The number of hydrogen-bond acceptors (Lipinski definition) is 5. The molecule has 13 heavy (non-hydrogen) atoms. The van der Waals surface area contributed by atoms with Crippen LogP contribution in [0.5, 0.6) is 0 Å². The van der Waals surface area contributed by atoms with Gasteiger partial charge in [0.05, 0.1) is 12.6 Å². The first-order valence-electron chi connectivity index (χ1n) is 4.17. The van der Waals surface area contributed by atoms with Crippen LogP contribution in [0.4, 0.5) is 0 Å². The summed E-state index contributed by atoms with van der Waals surface area (Å²) in [5.41, 5.74) is 3.65. The minimum Gasteiger partial charge on any atom is -0.395 e. The molecule has 78 valence electrons. The number of carbonyl (C=O) groups is 1. The van der Waals surface area contributed by atoms with Crippen LogP contribution in [0.2, 0.25) is 0 Å². The molecule has 0 aliphatic carbocycles. The molecule has 5 N–H and O–H groups in total. The molecule has 5 nitrogen and oxygen atoms in total. The Labute approximate surface area is 77.2 Å². The van der Waals surface area contributed by atoms with Gasteiger partial charge in [0.25, 0.3) is 0 Å². The number of hydrogen-bond donors (Lipinski definition) is 4. The molecule has 0 aliphatic rings. The molecule has 5 heteroatoms. The van der Waals surface area contributed by atoms with Gasteiger partial charge in [-0.1, -0.05) is 6.92 Å². The Kier molecular flexibility index (Phi) is 4.49. The molecule has 0 aromatic heterocycles. The number of Topliss-reactive ketones (excluding diaryl/α,β-unsaturated/α-hetero) is 1. The van der Waals surface area contributed by atoms with E-state index in [1.807, 2.05) is 0 Å². The van der Waals surface area contributed by atoms with Crippen molar-refractivity contribution in [3.63, 3.8) is 0 Å². The number of ketones is 1. The van der Waals surface area contributed by atoms with E-state index in [1.54, 1.807) is 6.92 Å². The molecule has 0 saturated heterocycles. The molecule has 0 radical (unpaired) electrons. The van der Waals surface area contributed by atoms with Crippen LogP contribution in [-0.4, -0.2) is 45.5 Å². The smallest absolute Gasteiger partial charge is 0.161 e. The standard InChI is InChI=1S/C8H17NO4/c1-3-8(13,6(9)4-10)7(12)5(2)11/h6-7,10,12-13H,3-4,9H2,1-2H3/t6?,7-,8?/m1/s1. The number of rotatable bonds is 5. The van der Waals surface area contributed by atoms with E-state index in [0.717, 1.165) is 6.92 Å². The molecule has 2 unspecified atom stereocenters. The third-order valence-corrected chi connectivity index (χ3v) is 2.26. The van der Waals surface area contributed by atoms with E-state index in [9.17, 15) is 15.0 Å². The molecule has 0 aromatic rings. The molecule has 0 aromatic carbocycles. The topological polar surface area (TPSA) is 104 Å². The average molecular weight is 191 g/mol. The lowest BCUT2D eigenvalue weighted by molar-refractivity contribution is -0.147. The fraction of sp³-hybridized carbons (Fsp3) is 0.875. The zero-order valence-electron chi connectivity index (χ0n) is 7.90. The van der Waals surface area contributed by atoms with Crippen molar-refractivity contribution in [2.24, 2.45) is 5.73 Å². The Bertz CT molecular complexity index is 185. The van der Waals surface area contributed by atoms with Crippen molar-refractivity contribution in [2.75, 3.05) is 6.61 Å². The van der Waals surface area contributed by atoms with Crippen molar-refractivity contribution < 1.29 is 20.1 Å².